The Morgan fingerprint density at radius 3 is 2.62 bits per heavy atom. The van der Waals surface area contributed by atoms with Crippen LogP contribution in [0.5, 0.6) is 0 Å². The lowest BCUT2D eigenvalue weighted by Crippen LogP contribution is -2.12. The minimum Gasteiger partial charge on any atom is -0.375 e. The van der Waals surface area contributed by atoms with Crippen molar-refractivity contribution in [3.63, 3.8) is 0 Å². The molecule has 76 valence electrons. The van der Waals surface area contributed by atoms with Crippen molar-refractivity contribution in [1.29, 1.82) is 0 Å². The third-order valence-electron chi connectivity index (χ3n) is 2.77. The molecule has 13 heavy (non-hydrogen) atoms. The molecule has 3 atom stereocenters. The summed E-state index contributed by atoms with van der Waals surface area (Å²) in [5, 5.41) is 0. The number of allylic oxidation sites excluding steroid dienone is 2. The van der Waals surface area contributed by atoms with Gasteiger partial charge in [-0.05, 0) is 38.5 Å². The van der Waals surface area contributed by atoms with E-state index in [1.54, 1.807) is 0 Å². The molecule has 0 bridgehead atoms. The molecular weight excluding hydrogens is 160 g/mol. The van der Waals surface area contributed by atoms with E-state index in [1.165, 1.54) is 19.3 Å². The van der Waals surface area contributed by atoms with Crippen molar-refractivity contribution in [1.82, 2.24) is 0 Å². The van der Waals surface area contributed by atoms with Gasteiger partial charge in [0.1, 0.15) is 0 Å². The molecule has 0 unspecified atom stereocenters. The van der Waals surface area contributed by atoms with Crippen LogP contribution < -0.4 is 0 Å². The monoisotopic (exact) mass is 182 g/mol. The van der Waals surface area contributed by atoms with Crippen LogP contribution in [0, 0.1) is 5.92 Å². The topological polar surface area (TPSA) is 9.23 Å². The quantitative estimate of drug-likeness (QED) is 0.604. The van der Waals surface area contributed by atoms with Gasteiger partial charge in [-0.25, -0.2) is 0 Å². The first-order valence-electron chi connectivity index (χ1n) is 5.54. The van der Waals surface area contributed by atoms with Gasteiger partial charge in [-0.15, -0.1) is 0 Å². The summed E-state index contributed by atoms with van der Waals surface area (Å²) in [6, 6.07) is 0. The van der Waals surface area contributed by atoms with E-state index in [0.29, 0.717) is 12.2 Å². The molecule has 0 aromatic heterocycles. The molecule has 0 aromatic rings. The zero-order chi connectivity index (χ0) is 9.68. The molecule has 1 heterocycles. The SMILES string of the molecule is CC/C=C/CC[C@@H]1O[C@H](C)C[C@@H]1C. The molecule has 1 aliphatic heterocycles. The van der Waals surface area contributed by atoms with Crippen LogP contribution in [0.1, 0.15) is 46.5 Å². The van der Waals surface area contributed by atoms with Crippen molar-refractivity contribution >= 4 is 0 Å². The third kappa shape index (κ3) is 3.51. The molecule has 0 aliphatic carbocycles. The Balaban J connectivity index is 2.18. The van der Waals surface area contributed by atoms with Crippen LogP contribution in [0.15, 0.2) is 12.2 Å². The van der Waals surface area contributed by atoms with Gasteiger partial charge in [-0.2, -0.15) is 0 Å². The van der Waals surface area contributed by atoms with E-state index in [9.17, 15) is 0 Å². The minimum atomic E-state index is 0.482. The fraction of sp³-hybridized carbons (Fsp3) is 0.833. The molecule has 0 amide bonds. The Morgan fingerprint density at radius 1 is 1.31 bits per heavy atom. The van der Waals surface area contributed by atoms with Crippen molar-refractivity contribution in [2.75, 3.05) is 0 Å². The number of hydrogen-bond donors (Lipinski definition) is 0. The summed E-state index contributed by atoms with van der Waals surface area (Å²) in [5.74, 6) is 0.755. The Labute approximate surface area is 82.2 Å². The molecule has 1 rings (SSSR count). The smallest absolute Gasteiger partial charge is 0.0608 e. The molecule has 0 N–H and O–H groups in total. The van der Waals surface area contributed by atoms with E-state index in [1.807, 2.05) is 0 Å². The Bertz CT molecular complexity index is 163. The van der Waals surface area contributed by atoms with Crippen LogP contribution in [-0.2, 0) is 4.74 Å². The summed E-state index contributed by atoms with van der Waals surface area (Å²) >= 11 is 0. The normalized spacial score (nSPS) is 34.5. The second-order valence-electron chi connectivity index (χ2n) is 4.16. The van der Waals surface area contributed by atoms with Gasteiger partial charge in [0.25, 0.3) is 0 Å². The fourth-order valence-electron chi connectivity index (χ4n) is 2.06. The summed E-state index contributed by atoms with van der Waals surface area (Å²) in [6.07, 6.45) is 10.3. The third-order valence-corrected chi connectivity index (χ3v) is 2.77. The van der Waals surface area contributed by atoms with E-state index < -0.39 is 0 Å². The summed E-state index contributed by atoms with van der Waals surface area (Å²) in [5.41, 5.74) is 0. The zero-order valence-corrected chi connectivity index (χ0v) is 9.12. The molecule has 0 saturated carbocycles. The molecule has 1 fully saturated rings. The maximum Gasteiger partial charge on any atom is 0.0608 e. The van der Waals surface area contributed by atoms with Crippen LogP contribution in [0.2, 0.25) is 0 Å². The number of rotatable bonds is 4. The van der Waals surface area contributed by atoms with Crippen molar-refractivity contribution in [3.05, 3.63) is 12.2 Å². The van der Waals surface area contributed by atoms with E-state index in [4.69, 9.17) is 4.74 Å². The summed E-state index contributed by atoms with van der Waals surface area (Å²) in [6.45, 7) is 6.66. The van der Waals surface area contributed by atoms with Crippen molar-refractivity contribution < 1.29 is 4.74 Å². The zero-order valence-electron chi connectivity index (χ0n) is 9.12. The molecule has 1 heteroatoms. The van der Waals surface area contributed by atoms with E-state index in [2.05, 4.69) is 32.9 Å². The highest BCUT2D eigenvalue weighted by Crippen LogP contribution is 2.28. The Kier molecular flexibility index (Phi) is 4.51. The number of hydrogen-bond acceptors (Lipinski definition) is 1. The lowest BCUT2D eigenvalue weighted by molar-refractivity contribution is 0.0413. The van der Waals surface area contributed by atoms with E-state index >= 15 is 0 Å². The molecule has 1 saturated heterocycles. The predicted octanol–water partition coefficient (Wildman–Crippen LogP) is 3.55. The van der Waals surface area contributed by atoms with Gasteiger partial charge < -0.3 is 4.74 Å². The average molecular weight is 182 g/mol. The van der Waals surface area contributed by atoms with Crippen LogP contribution >= 0.6 is 0 Å². The van der Waals surface area contributed by atoms with Gasteiger partial charge in [0.05, 0.1) is 12.2 Å². The van der Waals surface area contributed by atoms with Crippen LogP contribution in [0.4, 0.5) is 0 Å². The highest BCUT2D eigenvalue weighted by atomic mass is 16.5. The van der Waals surface area contributed by atoms with Crippen LogP contribution in [0.25, 0.3) is 0 Å². The van der Waals surface area contributed by atoms with Gasteiger partial charge >= 0.3 is 0 Å². The average Bonchev–Trinajstić information content (AvgIpc) is 2.39. The van der Waals surface area contributed by atoms with Crippen molar-refractivity contribution in [3.8, 4) is 0 Å². The fourth-order valence-corrected chi connectivity index (χ4v) is 2.06. The van der Waals surface area contributed by atoms with Gasteiger partial charge in [-0.1, -0.05) is 26.0 Å². The largest absolute Gasteiger partial charge is 0.375 e. The van der Waals surface area contributed by atoms with Gasteiger partial charge in [-0.3, -0.25) is 0 Å². The van der Waals surface area contributed by atoms with Crippen molar-refractivity contribution in [2.45, 2.75) is 58.7 Å². The standard InChI is InChI=1S/C12H22O/c1-4-5-6-7-8-12-10(2)9-11(3)13-12/h5-6,10-12H,4,7-9H2,1-3H3/b6-5+/t10-,11+,12-/m0/s1. The van der Waals surface area contributed by atoms with E-state index in [0.717, 1.165) is 12.3 Å². The lowest BCUT2D eigenvalue weighted by Gasteiger charge is -2.13. The molecular formula is C12H22O. The molecule has 1 nitrogen and oxygen atoms in total. The molecule has 1 aliphatic rings. The lowest BCUT2D eigenvalue weighted by atomic mass is 9.98. The molecule has 0 spiro atoms. The predicted molar refractivity (Wildman–Crippen MR) is 56.8 cm³/mol. The van der Waals surface area contributed by atoms with E-state index in [-0.39, 0.29) is 0 Å². The first-order chi connectivity index (χ1) is 6.24. The maximum atomic E-state index is 5.82. The highest BCUT2D eigenvalue weighted by Gasteiger charge is 2.28. The number of ether oxygens (including phenoxy) is 1. The molecule has 0 aromatic carbocycles. The Hall–Kier alpha value is -0.300. The van der Waals surface area contributed by atoms with Gasteiger partial charge in [0.2, 0.25) is 0 Å². The minimum absolute atomic E-state index is 0.482. The second kappa shape index (κ2) is 5.43. The first kappa shape index (κ1) is 10.8. The molecule has 0 radical (unpaired) electrons. The summed E-state index contributed by atoms with van der Waals surface area (Å²) in [4.78, 5) is 0. The first-order valence-corrected chi connectivity index (χ1v) is 5.54. The van der Waals surface area contributed by atoms with Gasteiger partial charge in [0.15, 0.2) is 0 Å². The summed E-state index contributed by atoms with van der Waals surface area (Å²) < 4.78 is 5.82. The van der Waals surface area contributed by atoms with Crippen LogP contribution in [0.3, 0.4) is 0 Å². The van der Waals surface area contributed by atoms with Gasteiger partial charge in [0, 0.05) is 0 Å². The second-order valence-corrected chi connectivity index (χ2v) is 4.16. The van der Waals surface area contributed by atoms with Crippen LogP contribution in [-0.4, -0.2) is 12.2 Å². The Morgan fingerprint density at radius 2 is 2.08 bits per heavy atom. The highest BCUT2D eigenvalue weighted by molar-refractivity contribution is 4.84. The van der Waals surface area contributed by atoms with Crippen molar-refractivity contribution in [2.24, 2.45) is 5.92 Å². The maximum absolute atomic E-state index is 5.82. The summed E-state index contributed by atoms with van der Waals surface area (Å²) in [7, 11) is 0.